The van der Waals surface area contributed by atoms with Gasteiger partial charge in [0.25, 0.3) is 0 Å². The van der Waals surface area contributed by atoms with E-state index in [1.807, 2.05) is 6.07 Å². The van der Waals surface area contributed by atoms with E-state index < -0.39 is 0 Å². The number of anilines is 1. The highest BCUT2D eigenvalue weighted by molar-refractivity contribution is 6.28. The molecule has 1 aromatic heterocycles. The van der Waals surface area contributed by atoms with Crippen LogP contribution in [0.15, 0.2) is 12.3 Å². The Kier molecular flexibility index (Phi) is 3.61. The summed E-state index contributed by atoms with van der Waals surface area (Å²) in [5.74, 6) is 1.41. The van der Waals surface area contributed by atoms with Crippen LogP contribution in [0, 0.1) is 5.92 Å². The Balaban J connectivity index is 2.23. The van der Waals surface area contributed by atoms with Crippen LogP contribution in [0.5, 0.6) is 0 Å². The number of aromatic nitrogens is 2. The van der Waals surface area contributed by atoms with E-state index in [2.05, 4.69) is 28.7 Å². The van der Waals surface area contributed by atoms with Crippen LogP contribution < -0.4 is 4.90 Å². The molecule has 1 aromatic rings. The first kappa shape index (κ1) is 11.6. The van der Waals surface area contributed by atoms with Gasteiger partial charge < -0.3 is 9.64 Å². The molecule has 2 rings (SSSR count). The van der Waals surface area contributed by atoms with Crippen molar-refractivity contribution in [1.29, 1.82) is 0 Å². The second-order valence-corrected chi connectivity index (χ2v) is 4.60. The average Bonchev–Trinajstić information content (AvgIpc) is 2.29. The standard InChI is InChI=1S/C11H16ClN3O/c1-8(2)9-7-16-6-5-15(9)10-3-4-13-11(12)14-10/h3-4,8-9H,5-7H2,1-2H3. The summed E-state index contributed by atoms with van der Waals surface area (Å²) in [6.45, 7) is 6.73. The van der Waals surface area contributed by atoms with Crippen LogP contribution in [0.4, 0.5) is 5.82 Å². The molecule has 1 fully saturated rings. The Labute approximate surface area is 101 Å². The topological polar surface area (TPSA) is 38.2 Å². The van der Waals surface area contributed by atoms with Crippen LogP contribution in [0.25, 0.3) is 0 Å². The lowest BCUT2D eigenvalue weighted by Gasteiger charge is -2.38. The molecule has 88 valence electrons. The molecule has 0 saturated carbocycles. The molecule has 1 unspecified atom stereocenters. The molecule has 0 amide bonds. The van der Waals surface area contributed by atoms with Crippen LogP contribution in [0.2, 0.25) is 5.28 Å². The molecule has 5 heteroatoms. The number of hydrogen-bond donors (Lipinski definition) is 0. The molecule has 1 saturated heterocycles. The Bertz CT molecular complexity index is 359. The summed E-state index contributed by atoms with van der Waals surface area (Å²) in [6, 6.07) is 2.26. The molecule has 4 nitrogen and oxygen atoms in total. The summed E-state index contributed by atoms with van der Waals surface area (Å²) < 4.78 is 5.51. The summed E-state index contributed by atoms with van der Waals surface area (Å²) in [5, 5.41) is 0.298. The van der Waals surface area contributed by atoms with Gasteiger partial charge in [-0.25, -0.2) is 9.97 Å². The molecule has 16 heavy (non-hydrogen) atoms. The SMILES string of the molecule is CC(C)C1COCCN1c1ccnc(Cl)n1. The predicted octanol–water partition coefficient (Wildman–Crippen LogP) is 1.99. The Morgan fingerprint density at radius 2 is 2.38 bits per heavy atom. The van der Waals surface area contributed by atoms with Crippen molar-refractivity contribution in [2.24, 2.45) is 5.92 Å². The Morgan fingerprint density at radius 1 is 1.56 bits per heavy atom. The normalized spacial score (nSPS) is 21.5. The molecule has 0 aliphatic carbocycles. The van der Waals surface area contributed by atoms with Crippen molar-refractivity contribution < 1.29 is 4.74 Å². The van der Waals surface area contributed by atoms with Gasteiger partial charge in [-0.3, -0.25) is 0 Å². The maximum absolute atomic E-state index is 5.81. The van der Waals surface area contributed by atoms with Gasteiger partial charge in [-0.2, -0.15) is 0 Å². The largest absolute Gasteiger partial charge is 0.377 e. The molecule has 0 bridgehead atoms. The Morgan fingerprint density at radius 3 is 3.06 bits per heavy atom. The zero-order valence-electron chi connectivity index (χ0n) is 9.56. The number of ether oxygens (including phenoxy) is 1. The van der Waals surface area contributed by atoms with Gasteiger partial charge in [0.2, 0.25) is 5.28 Å². The van der Waals surface area contributed by atoms with E-state index in [-0.39, 0.29) is 0 Å². The average molecular weight is 242 g/mol. The van der Waals surface area contributed by atoms with Gasteiger partial charge >= 0.3 is 0 Å². The first-order chi connectivity index (χ1) is 7.68. The maximum Gasteiger partial charge on any atom is 0.224 e. The van der Waals surface area contributed by atoms with Crippen molar-refractivity contribution in [3.05, 3.63) is 17.5 Å². The summed E-state index contributed by atoms with van der Waals surface area (Å²) in [4.78, 5) is 10.4. The number of morpholine rings is 1. The summed E-state index contributed by atoms with van der Waals surface area (Å²) >= 11 is 5.81. The quantitative estimate of drug-likeness (QED) is 0.743. The lowest BCUT2D eigenvalue weighted by Crippen LogP contribution is -2.48. The molecule has 0 spiro atoms. The summed E-state index contributed by atoms with van der Waals surface area (Å²) in [6.07, 6.45) is 1.69. The molecule has 0 aromatic carbocycles. The van der Waals surface area contributed by atoms with Crippen molar-refractivity contribution in [3.63, 3.8) is 0 Å². The number of halogens is 1. The lowest BCUT2D eigenvalue weighted by molar-refractivity contribution is 0.0802. The molecule has 1 aliphatic heterocycles. The van der Waals surface area contributed by atoms with Gasteiger partial charge in [0.05, 0.1) is 19.3 Å². The summed E-state index contributed by atoms with van der Waals surface area (Å²) in [5.41, 5.74) is 0. The fraction of sp³-hybridized carbons (Fsp3) is 0.636. The molecule has 0 N–H and O–H groups in total. The van der Waals surface area contributed by atoms with E-state index in [0.29, 0.717) is 17.2 Å². The molecule has 2 heterocycles. The number of hydrogen-bond acceptors (Lipinski definition) is 4. The van der Waals surface area contributed by atoms with Crippen LogP contribution >= 0.6 is 11.6 Å². The fourth-order valence-electron chi connectivity index (χ4n) is 1.95. The molecule has 1 aliphatic rings. The van der Waals surface area contributed by atoms with E-state index in [1.165, 1.54) is 0 Å². The first-order valence-corrected chi connectivity index (χ1v) is 5.89. The van der Waals surface area contributed by atoms with Crippen molar-refractivity contribution in [3.8, 4) is 0 Å². The molecular weight excluding hydrogens is 226 g/mol. The minimum atomic E-state index is 0.298. The third-order valence-electron chi connectivity index (χ3n) is 2.84. The minimum absolute atomic E-state index is 0.298. The van der Waals surface area contributed by atoms with Gasteiger partial charge in [-0.05, 0) is 23.6 Å². The monoisotopic (exact) mass is 241 g/mol. The lowest BCUT2D eigenvalue weighted by atomic mass is 10.0. The minimum Gasteiger partial charge on any atom is -0.377 e. The van der Waals surface area contributed by atoms with E-state index >= 15 is 0 Å². The van der Waals surface area contributed by atoms with Crippen LogP contribution in [-0.2, 0) is 4.74 Å². The van der Waals surface area contributed by atoms with Crippen molar-refractivity contribution in [2.45, 2.75) is 19.9 Å². The van der Waals surface area contributed by atoms with Gasteiger partial charge in [-0.1, -0.05) is 13.8 Å². The number of rotatable bonds is 2. The van der Waals surface area contributed by atoms with Gasteiger partial charge in [0.15, 0.2) is 0 Å². The maximum atomic E-state index is 5.81. The fourth-order valence-corrected chi connectivity index (χ4v) is 2.09. The van der Waals surface area contributed by atoms with E-state index in [1.54, 1.807) is 6.20 Å². The highest BCUT2D eigenvalue weighted by atomic mass is 35.5. The summed E-state index contributed by atoms with van der Waals surface area (Å²) in [7, 11) is 0. The Hall–Kier alpha value is -0.870. The van der Waals surface area contributed by atoms with Crippen molar-refractivity contribution >= 4 is 17.4 Å². The second-order valence-electron chi connectivity index (χ2n) is 4.26. The van der Waals surface area contributed by atoms with Gasteiger partial charge in [0, 0.05) is 12.7 Å². The van der Waals surface area contributed by atoms with Crippen LogP contribution in [0.3, 0.4) is 0 Å². The third kappa shape index (κ3) is 2.44. The highest BCUT2D eigenvalue weighted by Gasteiger charge is 2.26. The zero-order chi connectivity index (χ0) is 11.5. The zero-order valence-corrected chi connectivity index (χ0v) is 10.3. The molecule has 1 atom stereocenters. The first-order valence-electron chi connectivity index (χ1n) is 5.51. The van der Waals surface area contributed by atoms with Gasteiger partial charge in [0.1, 0.15) is 5.82 Å². The number of nitrogens with zero attached hydrogens (tertiary/aromatic N) is 3. The van der Waals surface area contributed by atoms with Crippen molar-refractivity contribution in [2.75, 3.05) is 24.7 Å². The smallest absolute Gasteiger partial charge is 0.224 e. The van der Waals surface area contributed by atoms with Crippen molar-refractivity contribution in [1.82, 2.24) is 9.97 Å². The predicted molar refractivity (Wildman–Crippen MR) is 63.8 cm³/mol. The molecule has 0 radical (unpaired) electrons. The molecular formula is C11H16ClN3O. The second kappa shape index (κ2) is 4.97. The highest BCUT2D eigenvalue weighted by Crippen LogP contribution is 2.22. The van der Waals surface area contributed by atoms with Gasteiger partial charge in [-0.15, -0.1) is 0 Å². The van der Waals surface area contributed by atoms with E-state index in [0.717, 1.165) is 25.6 Å². The van der Waals surface area contributed by atoms with Crippen LogP contribution in [-0.4, -0.2) is 35.8 Å². The van der Waals surface area contributed by atoms with E-state index in [4.69, 9.17) is 16.3 Å². The third-order valence-corrected chi connectivity index (χ3v) is 3.02. The van der Waals surface area contributed by atoms with E-state index in [9.17, 15) is 0 Å². The van der Waals surface area contributed by atoms with Crippen LogP contribution in [0.1, 0.15) is 13.8 Å².